The summed E-state index contributed by atoms with van der Waals surface area (Å²) in [4.78, 5) is 0. The van der Waals surface area contributed by atoms with Gasteiger partial charge in [-0.3, -0.25) is 0 Å². The molecule has 0 aromatic rings. The minimum Gasteiger partial charge on any atom is -0.0885 e. The summed E-state index contributed by atoms with van der Waals surface area (Å²) in [6.45, 7) is 7.67. The van der Waals surface area contributed by atoms with Gasteiger partial charge in [-0.25, -0.2) is 0 Å². The molecule has 0 saturated carbocycles. The van der Waals surface area contributed by atoms with Crippen LogP contribution in [0.1, 0.15) is 64.2 Å². The van der Waals surface area contributed by atoms with E-state index in [1.165, 1.54) is 51.4 Å². The second-order valence-electron chi connectivity index (χ2n) is 3.88. The predicted molar refractivity (Wildman–Crippen MR) is 66.0 cm³/mol. The predicted octanol–water partition coefficient (Wildman–Crippen LogP) is 5.11. The quantitative estimate of drug-likeness (QED) is 0.335. The molecule has 0 spiro atoms. The number of unbranched alkanes of at least 4 members (excludes halogenated alkanes) is 8. The molecular formula is C14H26. The highest BCUT2D eigenvalue weighted by molar-refractivity contribution is 4.81. The van der Waals surface area contributed by atoms with Gasteiger partial charge in [-0.05, 0) is 25.7 Å². The van der Waals surface area contributed by atoms with Crippen LogP contribution in [-0.2, 0) is 0 Å². The fraction of sp³-hybridized carbons (Fsp3) is 0.714. The molecule has 14 heavy (non-hydrogen) atoms. The van der Waals surface area contributed by atoms with Crippen molar-refractivity contribution >= 4 is 0 Å². The Balaban J connectivity index is 2.96. The van der Waals surface area contributed by atoms with Crippen molar-refractivity contribution in [2.75, 3.05) is 0 Å². The van der Waals surface area contributed by atoms with E-state index in [0.29, 0.717) is 0 Å². The minimum absolute atomic E-state index is 1.08. The molecule has 0 heteroatoms. The Morgan fingerprint density at radius 2 is 1.00 bits per heavy atom. The highest BCUT2D eigenvalue weighted by Crippen LogP contribution is 2.06. The van der Waals surface area contributed by atoms with E-state index in [4.69, 9.17) is 0 Å². The second kappa shape index (κ2) is 12.7. The average molecular weight is 194 g/mol. The first-order valence-electron chi connectivity index (χ1n) is 6.15. The maximum absolute atomic E-state index is 3.84. The summed E-state index contributed by atoms with van der Waals surface area (Å²) >= 11 is 0. The Labute approximate surface area is 90.8 Å². The number of rotatable bonds is 10. The lowest BCUT2D eigenvalue weighted by Gasteiger charge is -1.96. The van der Waals surface area contributed by atoms with E-state index in [9.17, 15) is 0 Å². The van der Waals surface area contributed by atoms with Gasteiger partial charge in [0.1, 0.15) is 0 Å². The third kappa shape index (κ3) is 11.7. The first kappa shape index (κ1) is 13.7. The van der Waals surface area contributed by atoms with Crippen LogP contribution in [0, 0.1) is 13.8 Å². The maximum atomic E-state index is 3.84. The molecule has 0 atom stereocenters. The number of hydrogen-bond acceptors (Lipinski definition) is 0. The van der Waals surface area contributed by atoms with Crippen LogP contribution in [0.3, 0.4) is 0 Å². The van der Waals surface area contributed by atoms with Crippen molar-refractivity contribution in [1.82, 2.24) is 0 Å². The van der Waals surface area contributed by atoms with Gasteiger partial charge in [-0.1, -0.05) is 64.5 Å². The summed E-state index contributed by atoms with van der Waals surface area (Å²) in [5, 5.41) is 0. The first-order valence-corrected chi connectivity index (χ1v) is 6.15. The molecule has 0 rings (SSSR count). The zero-order chi connectivity index (χ0) is 10.5. The van der Waals surface area contributed by atoms with Crippen molar-refractivity contribution in [2.24, 2.45) is 0 Å². The van der Waals surface area contributed by atoms with Gasteiger partial charge in [0.05, 0.1) is 0 Å². The fourth-order valence-corrected chi connectivity index (χ4v) is 1.47. The molecule has 0 bridgehead atoms. The van der Waals surface area contributed by atoms with Crippen LogP contribution in [-0.4, -0.2) is 0 Å². The highest BCUT2D eigenvalue weighted by Gasteiger charge is 1.86. The largest absolute Gasteiger partial charge is 0.0885 e. The lowest BCUT2D eigenvalue weighted by atomic mass is 10.1. The molecule has 0 nitrogen and oxygen atoms in total. The Morgan fingerprint density at radius 3 is 1.57 bits per heavy atom. The SMILES string of the molecule is [CH2]CCCC/C=C/CCCCCC[CH2]. The van der Waals surface area contributed by atoms with E-state index in [-0.39, 0.29) is 0 Å². The molecule has 0 saturated heterocycles. The third-order valence-electron chi connectivity index (χ3n) is 2.41. The fourth-order valence-electron chi connectivity index (χ4n) is 1.47. The molecule has 0 heterocycles. The maximum Gasteiger partial charge on any atom is -0.0351 e. The first-order chi connectivity index (χ1) is 6.91. The van der Waals surface area contributed by atoms with Crippen molar-refractivity contribution in [1.29, 1.82) is 0 Å². The van der Waals surface area contributed by atoms with Crippen molar-refractivity contribution in [2.45, 2.75) is 64.2 Å². The lowest BCUT2D eigenvalue weighted by Crippen LogP contribution is -1.76. The summed E-state index contributed by atoms with van der Waals surface area (Å²) in [6, 6.07) is 0. The normalized spacial score (nSPS) is 11.3. The van der Waals surface area contributed by atoms with Gasteiger partial charge in [0.25, 0.3) is 0 Å². The lowest BCUT2D eigenvalue weighted by molar-refractivity contribution is 0.650. The van der Waals surface area contributed by atoms with Crippen LogP contribution in [0.25, 0.3) is 0 Å². The van der Waals surface area contributed by atoms with Crippen molar-refractivity contribution < 1.29 is 0 Å². The standard InChI is InChI=1S/C14H26/c1-3-5-7-9-11-13-14-12-10-8-6-4-2/h11,13H,1-10,12,14H2/b13-11+. The van der Waals surface area contributed by atoms with Gasteiger partial charge >= 0.3 is 0 Å². The molecule has 0 aliphatic heterocycles. The van der Waals surface area contributed by atoms with Crippen LogP contribution in [0.2, 0.25) is 0 Å². The smallest absolute Gasteiger partial charge is 0.0351 e. The second-order valence-corrected chi connectivity index (χ2v) is 3.88. The van der Waals surface area contributed by atoms with Gasteiger partial charge in [0.15, 0.2) is 0 Å². The molecule has 0 aromatic heterocycles. The molecule has 0 amide bonds. The monoisotopic (exact) mass is 194 g/mol. The van der Waals surface area contributed by atoms with Crippen LogP contribution in [0.15, 0.2) is 12.2 Å². The Hall–Kier alpha value is -0.260. The molecule has 0 aromatic carbocycles. The third-order valence-corrected chi connectivity index (χ3v) is 2.41. The average Bonchev–Trinajstić information content (AvgIpc) is 2.21. The number of allylic oxidation sites excluding steroid dienone is 2. The van der Waals surface area contributed by atoms with E-state index in [1.54, 1.807) is 0 Å². The van der Waals surface area contributed by atoms with Gasteiger partial charge < -0.3 is 0 Å². The van der Waals surface area contributed by atoms with E-state index >= 15 is 0 Å². The molecule has 0 N–H and O–H groups in total. The number of hydrogen-bond donors (Lipinski definition) is 0. The van der Waals surface area contributed by atoms with Gasteiger partial charge in [0.2, 0.25) is 0 Å². The van der Waals surface area contributed by atoms with Crippen LogP contribution in [0.5, 0.6) is 0 Å². The Kier molecular flexibility index (Phi) is 12.5. The van der Waals surface area contributed by atoms with E-state index < -0.39 is 0 Å². The van der Waals surface area contributed by atoms with Crippen LogP contribution >= 0.6 is 0 Å². The van der Waals surface area contributed by atoms with Gasteiger partial charge in [-0.15, -0.1) is 0 Å². The van der Waals surface area contributed by atoms with E-state index in [2.05, 4.69) is 26.0 Å². The minimum atomic E-state index is 1.08. The molecule has 2 radical (unpaired) electrons. The summed E-state index contributed by atoms with van der Waals surface area (Å²) in [6.07, 6.45) is 17.3. The topological polar surface area (TPSA) is 0 Å². The van der Waals surface area contributed by atoms with Gasteiger partial charge in [0, 0.05) is 0 Å². The molecule has 0 aliphatic carbocycles. The van der Waals surface area contributed by atoms with E-state index in [0.717, 1.165) is 12.8 Å². The molecule has 0 aliphatic rings. The van der Waals surface area contributed by atoms with Crippen molar-refractivity contribution in [3.8, 4) is 0 Å². The molecule has 0 fully saturated rings. The summed E-state index contributed by atoms with van der Waals surface area (Å²) < 4.78 is 0. The van der Waals surface area contributed by atoms with Crippen LogP contribution < -0.4 is 0 Å². The summed E-state index contributed by atoms with van der Waals surface area (Å²) in [5.41, 5.74) is 0. The molecule has 82 valence electrons. The Morgan fingerprint density at radius 1 is 0.571 bits per heavy atom. The zero-order valence-electron chi connectivity index (χ0n) is 9.64. The summed E-state index contributed by atoms with van der Waals surface area (Å²) in [7, 11) is 0. The Bertz CT molecular complexity index is 113. The van der Waals surface area contributed by atoms with E-state index in [1.807, 2.05) is 0 Å². The zero-order valence-corrected chi connectivity index (χ0v) is 9.64. The van der Waals surface area contributed by atoms with Crippen molar-refractivity contribution in [3.63, 3.8) is 0 Å². The van der Waals surface area contributed by atoms with Crippen molar-refractivity contribution in [3.05, 3.63) is 26.0 Å². The molecule has 0 unspecified atom stereocenters. The molecular weight excluding hydrogens is 168 g/mol. The highest BCUT2D eigenvalue weighted by atomic mass is 13.9. The van der Waals surface area contributed by atoms with Crippen LogP contribution in [0.4, 0.5) is 0 Å². The summed E-state index contributed by atoms with van der Waals surface area (Å²) in [5.74, 6) is 0. The van der Waals surface area contributed by atoms with Gasteiger partial charge in [-0.2, -0.15) is 0 Å².